The average Bonchev–Trinajstić information content (AvgIpc) is 2.79. The van der Waals surface area contributed by atoms with Crippen LogP contribution >= 0.6 is 43.5 Å². The topological polar surface area (TPSA) is 101 Å². The Kier molecular flexibility index (Phi) is 4.41. The number of nitro groups is 1. The molecule has 1 aromatic heterocycles. The largest absolute Gasteiger partial charge is 0.319 e. The normalized spacial score (nSPS) is 10.3. The van der Waals surface area contributed by atoms with E-state index in [1.807, 2.05) is 0 Å². The van der Waals surface area contributed by atoms with Gasteiger partial charge in [-0.3, -0.25) is 20.0 Å². The number of aromatic nitrogens is 2. The van der Waals surface area contributed by atoms with Gasteiger partial charge in [0.1, 0.15) is 5.69 Å². The summed E-state index contributed by atoms with van der Waals surface area (Å²) in [6, 6.07) is 2.57. The summed E-state index contributed by atoms with van der Waals surface area (Å²) in [4.78, 5) is 22.2. The van der Waals surface area contributed by atoms with Crippen molar-refractivity contribution in [3.63, 3.8) is 0 Å². The summed E-state index contributed by atoms with van der Waals surface area (Å²) in [5.74, 6) is -0.511. The molecule has 0 bridgehead atoms. The van der Waals surface area contributed by atoms with Gasteiger partial charge in [-0.05, 0) is 31.9 Å². The minimum Gasteiger partial charge on any atom is -0.319 e. The fourth-order valence-corrected chi connectivity index (χ4v) is 2.93. The third kappa shape index (κ3) is 3.00. The Morgan fingerprint density at radius 1 is 1.40 bits per heavy atom. The minimum absolute atomic E-state index is 0.101. The number of hydrogen-bond donors (Lipinski definition) is 2. The number of aromatic amines is 1. The molecule has 2 rings (SSSR count). The van der Waals surface area contributed by atoms with Crippen molar-refractivity contribution in [2.75, 3.05) is 5.32 Å². The van der Waals surface area contributed by atoms with Gasteiger partial charge in [0.15, 0.2) is 0 Å². The summed E-state index contributed by atoms with van der Waals surface area (Å²) in [5, 5.41) is 19.6. The first-order chi connectivity index (χ1) is 9.40. The smallest absolute Gasteiger partial charge is 0.275 e. The maximum Gasteiger partial charge on any atom is 0.275 e. The number of rotatable bonds is 3. The SMILES string of the molecule is O=C(Nc1c(Br)cc([N+](=O)[O-])cc1Br)c1[nH]ncc1Cl. The highest BCUT2D eigenvalue weighted by molar-refractivity contribution is 9.11. The fraction of sp³-hybridized carbons (Fsp3) is 0. The van der Waals surface area contributed by atoms with Gasteiger partial charge < -0.3 is 5.32 Å². The highest BCUT2D eigenvalue weighted by atomic mass is 79.9. The molecule has 104 valence electrons. The van der Waals surface area contributed by atoms with Crippen LogP contribution in [0.1, 0.15) is 10.5 Å². The number of nitrogens with zero attached hydrogens (tertiary/aromatic N) is 2. The lowest BCUT2D eigenvalue weighted by Gasteiger charge is -2.09. The molecule has 20 heavy (non-hydrogen) atoms. The molecule has 0 saturated heterocycles. The predicted octanol–water partition coefficient (Wildman–Crippen LogP) is 3.75. The van der Waals surface area contributed by atoms with Crippen molar-refractivity contribution in [2.24, 2.45) is 0 Å². The van der Waals surface area contributed by atoms with Crippen LogP contribution in [0.15, 0.2) is 27.3 Å². The maximum atomic E-state index is 12.0. The second-order valence-corrected chi connectivity index (χ2v) is 5.70. The highest BCUT2D eigenvalue weighted by Gasteiger charge is 2.18. The van der Waals surface area contributed by atoms with Crippen LogP contribution in [0.4, 0.5) is 11.4 Å². The zero-order chi connectivity index (χ0) is 14.9. The zero-order valence-corrected chi connectivity index (χ0v) is 13.4. The summed E-state index contributed by atoms with van der Waals surface area (Å²) in [6.07, 6.45) is 1.30. The molecule has 10 heteroatoms. The number of non-ortho nitro benzene ring substituents is 1. The number of carbonyl (C=O) groups excluding carboxylic acids is 1. The number of halogens is 3. The molecule has 7 nitrogen and oxygen atoms in total. The van der Waals surface area contributed by atoms with E-state index in [0.29, 0.717) is 14.6 Å². The highest BCUT2D eigenvalue weighted by Crippen LogP contribution is 2.35. The quantitative estimate of drug-likeness (QED) is 0.579. The molecule has 2 aromatic rings. The maximum absolute atomic E-state index is 12.0. The van der Waals surface area contributed by atoms with Crippen molar-refractivity contribution >= 4 is 60.7 Å². The van der Waals surface area contributed by atoms with Crippen LogP contribution in [-0.2, 0) is 0 Å². The van der Waals surface area contributed by atoms with Gasteiger partial charge in [-0.25, -0.2) is 0 Å². The van der Waals surface area contributed by atoms with Crippen molar-refractivity contribution in [1.29, 1.82) is 0 Å². The predicted molar refractivity (Wildman–Crippen MR) is 80.0 cm³/mol. The Morgan fingerprint density at radius 2 is 2.00 bits per heavy atom. The number of anilines is 1. The third-order valence-corrected chi connectivity index (χ3v) is 3.83. The number of nitro benzene ring substituents is 1. The Morgan fingerprint density at radius 3 is 2.45 bits per heavy atom. The molecule has 0 aliphatic heterocycles. The second-order valence-electron chi connectivity index (χ2n) is 3.59. The van der Waals surface area contributed by atoms with E-state index >= 15 is 0 Å². The summed E-state index contributed by atoms with van der Waals surface area (Å²) in [7, 11) is 0. The molecule has 0 aliphatic rings. The first kappa shape index (κ1) is 14.9. The van der Waals surface area contributed by atoms with Crippen LogP contribution in [0.5, 0.6) is 0 Å². The Hall–Kier alpha value is -1.45. The summed E-state index contributed by atoms with van der Waals surface area (Å²) in [5.41, 5.74) is 0.344. The molecule has 1 amide bonds. The molecule has 2 N–H and O–H groups in total. The number of amides is 1. The standard InChI is InChI=1S/C10H5Br2ClN4O3/c11-5-1-4(17(19)20)2-6(12)8(5)15-10(18)9-7(13)3-14-16-9/h1-3H,(H,14,16)(H,15,18). The van der Waals surface area contributed by atoms with E-state index in [-0.39, 0.29) is 16.4 Å². The number of benzene rings is 1. The van der Waals surface area contributed by atoms with Crippen LogP contribution in [-0.4, -0.2) is 21.0 Å². The first-order valence-electron chi connectivity index (χ1n) is 5.04. The number of hydrogen-bond acceptors (Lipinski definition) is 4. The van der Waals surface area contributed by atoms with Crippen molar-refractivity contribution in [3.05, 3.63) is 48.1 Å². The van der Waals surface area contributed by atoms with E-state index in [1.165, 1.54) is 18.3 Å². The number of carbonyl (C=O) groups is 1. The lowest BCUT2D eigenvalue weighted by atomic mass is 10.2. The van der Waals surface area contributed by atoms with E-state index in [0.717, 1.165) is 0 Å². The average molecular weight is 424 g/mol. The van der Waals surface area contributed by atoms with Crippen LogP contribution < -0.4 is 5.32 Å². The molecule has 0 spiro atoms. The molecule has 0 radical (unpaired) electrons. The first-order valence-corrected chi connectivity index (χ1v) is 7.00. The minimum atomic E-state index is -0.535. The summed E-state index contributed by atoms with van der Waals surface area (Å²) < 4.78 is 0.727. The van der Waals surface area contributed by atoms with Crippen LogP contribution in [0.2, 0.25) is 5.02 Å². The second kappa shape index (κ2) is 5.90. The lowest BCUT2D eigenvalue weighted by molar-refractivity contribution is -0.385. The van der Waals surface area contributed by atoms with Gasteiger partial charge >= 0.3 is 0 Å². The van der Waals surface area contributed by atoms with Crippen LogP contribution in [0.25, 0.3) is 0 Å². The molecule has 0 atom stereocenters. The van der Waals surface area contributed by atoms with Crippen molar-refractivity contribution < 1.29 is 9.72 Å². The molecule has 0 fully saturated rings. The van der Waals surface area contributed by atoms with Crippen LogP contribution in [0, 0.1) is 10.1 Å². The van der Waals surface area contributed by atoms with Crippen molar-refractivity contribution in [1.82, 2.24) is 10.2 Å². The number of nitrogens with one attached hydrogen (secondary N) is 2. The Balaban J connectivity index is 2.33. The monoisotopic (exact) mass is 422 g/mol. The van der Waals surface area contributed by atoms with Crippen molar-refractivity contribution in [2.45, 2.75) is 0 Å². The fourth-order valence-electron chi connectivity index (χ4n) is 1.39. The number of H-pyrrole nitrogens is 1. The summed E-state index contributed by atoms with van der Waals surface area (Å²) in [6.45, 7) is 0. The van der Waals surface area contributed by atoms with Gasteiger partial charge in [0.2, 0.25) is 0 Å². The van der Waals surface area contributed by atoms with E-state index in [2.05, 4.69) is 47.4 Å². The lowest BCUT2D eigenvalue weighted by Crippen LogP contribution is -2.14. The third-order valence-electron chi connectivity index (χ3n) is 2.30. The van der Waals surface area contributed by atoms with Crippen LogP contribution in [0.3, 0.4) is 0 Å². The molecular weight excluding hydrogens is 419 g/mol. The molecule has 1 heterocycles. The van der Waals surface area contributed by atoms with Gasteiger partial charge in [0, 0.05) is 21.1 Å². The van der Waals surface area contributed by atoms with Crippen molar-refractivity contribution in [3.8, 4) is 0 Å². The molecular formula is C10H5Br2ClN4O3. The molecule has 0 saturated carbocycles. The molecule has 0 aliphatic carbocycles. The van der Waals surface area contributed by atoms with Gasteiger partial charge in [0.25, 0.3) is 11.6 Å². The van der Waals surface area contributed by atoms with Gasteiger partial charge in [-0.15, -0.1) is 0 Å². The van der Waals surface area contributed by atoms with E-state index < -0.39 is 10.8 Å². The van der Waals surface area contributed by atoms with E-state index in [4.69, 9.17) is 11.6 Å². The molecule has 1 aromatic carbocycles. The Labute approximate surface area is 134 Å². The summed E-state index contributed by atoms with van der Waals surface area (Å²) >= 11 is 12.1. The van der Waals surface area contributed by atoms with E-state index in [9.17, 15) is 14.9 Å². The van der Waals surface area contributed by atoms with E-state index in [1.54, 1.807) is 0 Å². The molecule has 0 unspecified atom stereocenters. The zero-order valence-electron chi connectivity index (χ0n) is 9.49. The van der Waals surface area contributed by atoms with Gasteiger partial charge in [-0.2, -0.15) is 5.10 Å². The van der Waals surface area contributed by atoms with Gasteiger partial charge in [0.05, 0.1) is 21.8 Å². The van der Waals surface area contributed by atoms with Gasteiger partial charge in [-0.1, -0.05) is 11.6 Å². The Bertz CT molecular complexity index is 681.